The maximum atomic E-state index is 11.3. The molecule has 0 heterocycles. The van der Waals surface area contributed by atoms with Gasteiger partial charge in [0.15, 0.2) is 0 Å². The van der Waals surface area contributed by atoms with Crippen LogP contribution in [0.15, 0.2) is 0 Å². The van der Waals surface area contributed by atoms with Crippen molar-refractivity contribution in [3.8, 4) is 0 Å². The van der Waals surface area contributed by atoms with Crippen molar-refractivity contribution >= 4 is 17.7 Å². The molecule has 2 N–H and O–H groups in total. The van der Waals surface area contributed by atoms with Crippen molar-refractivity contribution < 1.29 is 14.3 Å². The second-order valence-electron chi connectivity index (χ2n) is 3.52. The first-order valence-electron chi connectivity index (χ1n) is 5.71. The van der Waals surface area contributed by atoms with Gasteiger partial charge in [0.2, 0.25) is 0 Å². The number of rotatable bonds is 10. The average Bonchev–Trinajstić information content (AvgIpc) is 2.30. The van der Waals surface area contributed by atoms with E-state index in [1.165, 1.54) is 0 Å². The van der Waals surface area contributed by atoms with Gasteiger partial charge < -0.3 is 15.2 Å². The summed E-state index contributed by atoms with van der Waals surface area (Å²) >= 11 is 1.67. The highest BCUT2D eigenvalue weighted by atomic mass is 32.2. The van der Waals surface area contributed by atoms with Gasteiger partial charge >= 0.3 is 5.97 Å². The molecule has 0 aromatic heterocycles. The van der Waals surface area contributed by atoms with Gasteiger partial charge in [-0.3, -0.25) is 4.79 Å². The summed E-state index contributed by atoms with van der Waals surface area (Å²) in [6, 6.07) is -0.497. The van der Waals surface area contributed by atoms with E-state index in [9.17, 15) is 4.79 Å². The van der Waals surface area contributed by atoms with Crippen LogP contribution >= 0.6 is 11.8 Å². The van der Waals surface area contributed by atoms with Gasteiger partial charge in [0.1, 0.15) is 12.6 Å². The Morgan fingerprint density at radius 2 is 2.12 bits per heavy atom. The van der Waals surface area contributed by atoms with E-state index >= 15 is 0 Å². The fourth-order valence-electron chi connectivity index (χ4n) is 1.02. The van der Waals surface area contributed by atoms with Crippen LogP contribution in [-0.4, -0.2) is 43.8 Å². The SMILES string of the molecule is CCCCOCCOC(=O)[C@H](N)CCSC. The molecule has 0 fully saturated rings. The molecule has 0 aromatic carbocycles. The Bertz CT molecular complexity index is 179. The van der Waals surface area contributed by atoms with E-state index in [2.05, 4.69) is 6.92 Å². The Hall–Kier alpha value is -0.260. The minimum Gasteiger partial charge on any atom is -0.462 e. The van der Waals surface area contributed by atoms with Crippen LogP contribution in [0.25, 0.3) is 0 Å². The molecule has 0 rings (SSSR count). The summed E-state index contributed by atoms with van der Waals surface area (Å²) in [7, 11) is 0. The van der Waals surface area contributed by atoms with Gasteiger partial charge in [-0.1, -0.05) is 13.3 Å². The van der Waals surface area contributed by atoms with Crippen LogP contribution in [0.1, 0.15) is 26.2 Å². The molecule has 0 radical (unpaired) electrons. The van der Waals surface area contributed by atoms with E-state index in [1.54, 1.807) is 11.8 Å². The van der Waals surface area contributed by atoms with E-state index in [-0.39, 0.29) is 5.97 Å². The van der Waals surface area contributed by atoms with E-state index in [1.807, 2.05) is 6.26 Å². The number of esters is 1. The van der Waals surface area contributed by atoms with Crippen molar-refractivity contribution in [2.75, 3.05) is 31.8 Å². The second-order valence-corrected chi connectivity index (χ2v) is 4.51. The minimum atomic E-state index is -0.497. The number of unbranched alkanes of at least 4 members (excludes halogenated alkanes) is 1. The monoisotopic (exact) mass is 249 g/mol. The summed E-state index contributed by atoms with van der Waals surface area (Å²) in [5.41, 5.74) is 5.64. The number of hydrogen-bond donors (Lipinski definition) is 1. The normalized spacial score (nSPS) is 12.4. The van der Waals surface area contributed by atoms with Crippen molar-refractivity contribution in [3.63, 3.8) is 0 Å². The zero-order valence-corrected chi connectivity index (χ0v) is 11.1. The zero-order chi connectivity index (χ0) is 12.2. The quantitative estimate of drug-likeness (QED) is 0.469. The summed E-state index contributed by atoms with van der Waals surface area (Å²) in [5, 5.41) is 0. The number of ether oxygens (including phenoxy) is 2. The van der Waals surface area contributed by atoms with Crippen molar-refractivity contribution in [3.05, 3.63) is 0 Å². The number of carbonyl (C=O) groups is 1. The molecule has 1 atom stereocenters. The lowest BCUT2D eigenvalue weighted by atomic mass is 10.2. The summed E-state index contributed by atoms with van der Waals surface area (Å²) in [5.74, 6) is 0.552. The molecule has 0 aromatic rings. The lowest BCUT2D eigenvalue weighted by Crippen LogP contribution is -2.33. The molecule has 0 spiro atoms. The average molecular weight is 249 g/mol. The van der Waals surface area contributed by atoms with Crippen LogP contribution in [0.3, 0.4) is 0 Å². The standard InChI is InChI=1S/C11H23NO3S/c1-3-4-6-14-7-8-15-11(13)10(12)5-9-16-2/h10H,3-9,12H2,1-2H3/t10-/m1/s1. The summed E-state index contributed by atoms with van der Waals surface area (Å²) < 4.78 is 10.2. The topological polar surface area (TPSA) is 61.5 Å². The van der Waals surface area contributed by atoms with Gasteiger partial charge in [-0.05, 0) is 24.9 Å². The first-order valence-corrected chi connectivity index (χ1v) is 7.10. The predicted octanol–water partition coefficient (Wildman–Crippen LogP) is 1.43. The van der Waals surface area contributed by atoms with Crippen LogP contribution in [-0.2, 0) is 14.3 Å². The molecule has 5 heteroatoms. The molecule has 0 aliphatic rings. The Morgan fingerprint density at radius 1 is 1.38 bits per heavy atom. The van der Waals surface area contributed by atoms with E-state index in [0.717, 1.165) is 25.2 Å². The molecule has 4 nitrogen and oxygen atoms in total. The van der Waals surface area contributed by atoms with Crippen LogP contribution in [0.5, 0.6) is 0 Å². The smallest absolute Gasteiger partial charge is 0.323 e. The van der Waals surface area contributed by atoms with Crippen LogP contribution < -0.4 is 5.73 Å². The molecule has 0 saturated carbocycles. The third-order valence-corrected chi connectivity index (χ3v) is 2.69. The highest BCUT2D eigenvalue weighted by Gasteiger charge is 2.13. The number of thioether (sulfide) groups is 1. The van der Waals surface area contributed by atoms with E-state index in [0.29, 0.717) is 19.6 Å². The Labute approximate surface area is 102 Å². The van der Waals surface area contributed by atoms with Crippen LogP contribution in [0, 0.1) is 0 Å². The van der Waals surface area contributed by atoms with Crippen molar-refractivity contribution in [2.24, 2.45) is 5.73 Å². The molecular weight excluding hydrogens is 226 g/mol. The molecule has 0 amide bonds. The zero-order valence-electron chi connectivity index (χ0n) is 10.2. The highest BCUT2D eigenvalue weighted by molar-refractivity contribution is 7.98. The molecule has 0 unspecified atom stereocenters. The fraction of sp³-hybridized carbons (Fsp3) is 0.909. The Balaban J connectivity index is 3.35. The molecule has 0 bridgehead atoms. The van der Waals surface area contributed by atoms with Gasteiger partial charge in [-0.15, -0.1) is 0 Å². The number of hydrogen-bond acceptors (Lipinski definition) is 5. The van der Waals surface area contributed by atoms with E-state index in [4.69, 9.17) is 15.2 Å². The molecule has 0 aliphatic carbocycles. The first-order chi connectivity index (χ1) is 7.72. The highest BCUT2D eigenvalue weighted by Crippen LogP contribution is 2.00. The lowest BCUT2D eigenvalue weighted by molar-refractivity contribution is -0.146. The fourth-order valence-corrected chi connectivity index (χ4v) is 1.51. The van der Waals surface area contributed by atoms with Gasteiger partial charge in [0.05, 0.1) is 6.61 Å². The van der Waals surface area contributed by atoms with Crippen LogP contribution in [0.2, 0.25) is 0 Å². The van der Waals surface area contributed by atoms with E-state index < -0.39 is 6.04 Å². The van der Waals surface area contributed by atoms with Crippen molar-refractivity contribution in [1.29, 1.82) is 0 Å². The first kappa shape index (κ1) is 15.7. The third kappa shape index (κ3) is 9.00. The predicted molar refractivity (Wildman–Crippen MR) is 67.7 cm³/mol. The lowest BCUT2D eigenvalue weighted by Gasteiger charge is -2.10. The van der Waals surface area contributed by atoms with Gasteiger partial charge in [0, 0.05) is 6.61 Å². The molecular formula is C11H23NO3S. The maximum absolute atomic E-state index is 11.3. The Morgan fingerprint density at radius 3 is 2.75 bits per heavy atom. The number of nitrogens with two attached hydrogens (primary N) is 1. The maximum Gasteiger partial charge on any atom is 0.323 e. The largest absolute Gasteiger partial charge is 0.462 e. The second kappa shape index (κ2) is 11.2. The van der Waals surface area contributed by atoms with Gasteiger partial charge in [-0.25, -0.2) is 0 Å². The van der Waals surface area contributed by atoms with Gasteiger partial charge in [0.25, 0.3) is 0 Å². The number of carbonyl (C=O) groups excluding carboxylic acids is 1. The molecule has 96 valence electrons. The third-order valence-electron chi connectivity index (χ3n) is 2.05. The van der Waals surface area contributed by atoms with Gasteiger partial charge in [-0.2, -0.15) is 11.8 Å². The summed E-state index contributed by atoms with van der Waals surface area (Å²) in [4.78, 5) is 11.3. The molecule has 0 aliphatic heterocycles. The summed E-state index contributed by atoms with van der Waals surface area (Å²) in [6.45, 7) is 3.59. The molecule has 0 saturated heterocycles. The van der Waals surface area contributed by atoms with Crippen molar-refractivity contribution in [2.45, 2.75) is 32.2 Å². The van der Waals surface area contributed by atoms with Crippen LogP contribution in [0.4, 0.5) is 0 Å². The molecule has 16 heavy (non-hydrogen) atoms. The van der Waals surface area contributed by atoms with Crippen molar-refractivity contribution in [1.82, 2.24) is 0 Å². The Kier molecular flexibility index (Phi) is 11.0. The minimum absolute atomic E-state index is 0.301. The summed E-state index contributed by atoms with van der Waals surface area (Å²) in [6.07, 6.45) is 4.80.